The van der Waals surface area contributed by atoms with Gasteiger partial charge in [0, 0.05) is 16.8 Å². The van der Waals surface area contributed by atoms with Crippen LogP contribution in [0.3, 0.4) is 0 Å². The predicted molar refractivity (Wildman–Crippen MR) is 76.7 cm³/mol. The molecule has 0 heterocycles. The van der Waals surface area contributed by atoms with Crippen LogP contribution in [0.4, 0.5) is 5.69 Å². The Kier molecular flexibility index (Phi) is 4.10. The van der Waals surface area contributed by atoms with Crippen LogP contribution in [0.25, 0.3) is 0 Å². The molecule has 0 unspecified atom stereocenters. The second-order valence-corrected chi connectivity index (χ2v) is 4.24. The summed E-state index contributed by atoms with van der Waals surface area (Å²) in [5, 5.41) is 0. The monoisotopic (exact) mass is 272 g/mol. The van der Waals surface area contributed by atoms with E-state index in [0.29, 0.717) is 23.6 Å². The first-order valence-corrected chi connectivity index (χ1v) is 6.05. The van der Waals surface area contributed by atoms with Crippen molar-refractivity contribution in [3.05, 3.63) is 53.6 Å². The van der Waals surface area contributed by atoms with Crippen LogP contribution in [0.15, 0.2) is 42.5 Å². The van der Waals surface area contributed by atoms with Gasteiger partial charge in [-0.15, -0.1) is 0 Å². The van der Waals surface area contributed by atoms with Gasteiger partial charge >= 0.3 is 0 Å². The number of hydrogen-bond donors (Lipinski definition) is 2. The number of benzene rings is 2. The van der Waals surface area contributed by atoms with Crippen molar-refractivity contribution in [3.63, 3.8) is 0 Å². The normalized spacial score (nSPS) is 10.1. The zero-order chi connectivity index (χ0) is 14.5. The summed E-state index contributed by atoms with van der Waals surface area (Å²) in [4.78, 5) is 11.0. The number of primary amides is 1. The third-order valence-electron chi connectivity index (χ3n) is 2.88. The van der Waals surface area contributed by atoms with Crippen molar-refractivity contribution >= 4 is 11.6 Å². The summed E-state index contributed by atoms with van der Waals surface area (Å²) in [6.45, 7) is 0.317. The number of ether oxygens (including phenoxy) is 2. The van der Waals surface area contributed by atoms with Gasteiger partial charge in [0.25, 0.3) is 0 Å². The largest absolute Gasteiger partial charge is 0.497 e. The van der Waals surface area contributed by atoms with Crippen LogP contribution < -0.4 is 20.9 Å². The van der Waals surface area contributed by atoms with Crippen LogP contribution in [-0.4, -0.2) is 13.0 Å². The second kappa shape index (κ2) is 5.97. The van der Waals surface area contributed by atoms with E-state index < -0.39 is 5.91 Å². The number of hydrogen-bond acceptors (Lipinski definition) is 4. The van der Waals surface area contributed by atoms with Crippen molar-refractivity contribution in [2.75, 3.05) is 12.8 Å². The van der Waals surface area contributed by atoms with E-state index in [1.54, 1.807) is 25.3 Å². The molecule has 2 aromatic rings. The highest BCUT2D eigenvalue weighted by Gasteiger charge is 2.05. The molecule has 0 aliphatic rings. The molecule has 0 saturated heterocycles. The molecule has 0 saturated carbocycles. The molecule has 0 spiro atoms. The first-order chi connectivity index (χ1) is 9.60. The van der Waals surface area contributed by atoms with E-state index in [4.69, 9.17) is 20.9 Å². The van der Waals surface area contributed by atoms with E-state index in [0.717, 1.165) is 11.3 Å². The zero-order valence-electron chi connectivity index (χ0n) is 11.1. The smallest absolute Gasteiger partial charge is 0.248 e. The van der Waals surface area contributed by atoms with Gasteiger partial charge < -0.3 is 20.9 Å². The summed E-state index contributed by atoms with van der Waals surface area (Å²) in [6.07, 6.45) is 0. The minimum absolute atomic E-state index is 0.317. The van der Waals surface area contributed by atoms with Crippen molar-refractivity contribution in [2.45, 2.75) is 6.61 Å². The van der Waals surface area contributed by atoms with Crippen LogP contribution in [0.2, 0.25) is 0 Å². The molecule has 0 aliphatic heterocycles. The van der Waals surface area contributed by atoms with E-state index >= 15 is 0 Å². The fourth-order valence-corrected chi connectivity index (χ4v) is 1.71. The SMILES string of the molecule is COc1ccc(OCc2ccc(C(N)=O)cc2N)cc1. The molecule has 5 nitrogen and oxygen atoms in total. The summed E-state index contributed by atoms with van der Waals surface area (Å²) < 4.78 is 10.7. The van der Waals surface area contributed by atoms with Gasteiger partial charge in [-0.25, -0.2) is 0 Å². The third-order valence-corrected chi connectivity index (χ3v) is 2.88. The Hall–Kier alpha value is -2.69. The molecular weight excluding hydrogens is 256 g/mol. The molecular formula is C15H16N2O3. The molecule has 0 radical (unpaired) electrons. The first kappa shape index (κ1) is 13.7. The van der Waals surface area contributed by atoms with Crippen LogP contribution in [0.5, 0.6) is 11.5 Å². The molecule has 20 heavy (non-hydrogen) atoms. The Labute approximate surface area is 117 Å². The Bertz CT molecular complexity index is 609. The zero-order valence-corrected chi connectivity index (χ0v) is 11.1. The van der Waals surface area contributed by atoms with Gasteiger partial charge in [0.15, 0.2) is 0 Å². The fraction of sp³-hybridized carbons (Fsp3) is 0.133. The summed E-state index contributed by atoms with van der Waals surface area (Å²) in [5.41, 5.74) is 12.7. The Balaban J connectivity index is 2.04. The minimum atomic E-state index is -0.501. The van der Waals surface area contributed by atoms with Crippen molar-refractivity contribution < 1.29 is 14.3 Å². The van der Waals surface area contributed by atoms with Crippen LogP contribution >= 0.6 is 0 Å². The quantitative estimate of drug-likeness (QED) is 0.814. The van der Waals surface area contributed by atoms with Gasteiger partial charge in [-0.3, -0.25) is 4.79 Å². The number of anilines is 1. The average molecular weight is 272 g/mol. The Morgan fingerprint density at radius 3 is 2.30 bits per heavy atom. The topological polar surface area (TPSA) is 87.6 Å². The summed E-state index contributed by atoms with van der Waals surface area (Å²) in [5.74, 6) is 0.978. The summed E-state index contributed by atoms with van der Waals surface area (Å²) in [7, 11) is 1.61. The predicted octanol–water partition coefficient (Wildman–Crippen LogP) is 1.96. The first-order valence-electron chi connectivity index (χ1n) is 6.05. The van der Waals surface area contributed by atoms with Crippen molar-refractivity contribution in [1.29, 1.82) is 0 Å². The fourth-order valence-electron chi connectivity index (χ4n) is 1.71. The lowest BCUT2D eigenvalue weighted by Crippen LogP contribution is -2.12. The maximum absolute atomic E-state index is 11.0. The van der Waals surface area contributed by atoms with Crippen LogP contribution in [0, 0.1) is 0 Å². The molecule has 4 N–H and O–H groups in total. The highest BCUT2D eigenvalue weighted by atomic mass is 16.5. The van der Waals surface area contributed by atoms with Crippen LogP contribution in [0.1, 0.15) is 15.9 Å². The maximum Gasteiger partial charge on any atom is 0.248 e. The van der Waals surface area contributed by atoms with E-state index in [9.17, 15) is 4.79 Å². The number of methoxy groups -OCH3 is 1. The number of amides is 1. The van der Waals surface area contributed by atoms with Gasteiger partial charge in [0.05, 0.1) is 7.11 Å². The highest BCUT2D eigenvalue weighted by molar-refractivity contribution is 5.93. The van der Waals surface area contributed by atoms with E-state index in [-0.39, 0.29) is 0 Å². The summed E-state index contributed by atoms with van der Waals surface area (Å²) >= 11 is 0. The number of rotatable bonds is 5. The van der Waals surface area contributed by atoms with E-state index in [2.05, 4.69) is 0 Å². The molecule has 0 bridgehead atoms. The van der Waals surface area contributed by atoms with Gasteiger partial charge in [0.2, 0.25) is 5.91 Å². The molecule has 0 atom stereocenters. The molecule has 5 heteroatoms. The van der Waals surface area contributed by atoms with Gasteiger partial charge in [0.1, 0.15) is 18.1 Å². The number of carbonyl (C=O) groups excluding carboxylic acids is 1. The number of nitrogens with two attached hydrogens (primary N) is 2. The average Bonchev–Trinajstić information content (AvgIpc) is 2.46. The third kappa shape index (κ3) is 3.20. The van der Waals surface area contributed by atoms with Crippen molar-refractivity contribution in [1.82, 2.24) is 0 Å². The molecule has 104 valence electrons. The molecule has 0 aromatic heterocycles. The van der Waals surface area contributed by atoms with E-state index in [1.807, 2.05) is 24.3 Å². The van der Waals surface area contributed by atoms with Gasteiger partial charge in [-0.05, 0) is 36.4 Å². The molecule has 0 aliphatic carbocycles. The van der Waals surface area contributed by atoms with Gasteiger partial charge in [-0.2, -0.15) is 0 Å². The van der Waals surface area contributed by atoms with Crippen LogP contribution in [-0.2, 0) is 6.61 Å². The second-order valence-electron chi connectivity index (χ2n) is 4.24. The molecule has 0 fully saturated rings. The standard InChI is InChI=1S/C15H16N2O3/c1-19-12-4-6-13(7-5-12)20-9-11-3-2-10(15(17)18)8-14(11)16/h2-8H,9,16H2,1H3,(H2,17,18). The summed E-state index contributed by atoms with van der Waals surface area (Å²) in [6, 6.07) is 12.2. The molecule has 2 aromatic carbocycles. The molecule has 2 rings (SSSR count). The number of carbonyl (C=O) groups is 1. The molecule has 1 amide bonds. The van der Waals surface area contributed by atoms with Gasteiger partial charge in [-0.1, -0.05) is 6.07 Å². The Morgan fingerprint density at radius 2 is 1.75 bits per heavy atom. The number of nitrogen functional groups attached to an aromatic ring is 1. The minimum Gasteiger partial charge on any atom is -0.497 e. The van der Waals surface area contributed by atoms with Crippen molar-refractivity contribution in [3.8, 4) is 11.5 Å². The van der Waals surface area contributed by atoms with E-state index in [1.165, 1.54) is 0 Å². The lowest BCUT2D eigenvalue weighted by Gasteiger charge is -2.10. The lowest BCUT2D eigenvalue weighted by atomic mass is 10.1. The lowest BCUT2D eigenvalue weighted by molar-refractivity contribution is 0.100. The maximum atomic E-state index is 11.0. The Morgan fingerprint density at radius 1 is 1.10 bits per heavy atom. The highest BCUT2D eigenvalue weighted by Crippen LogP contribution is 2.20. The van der Waals surface area contributed by atoms with Crippen molar-refractivity contribution in [2.24, 2.45) is 5.73 Å².